The monoisotopic (exact) mass is 1960 g/mol. The van der Waals surface area contributed by atoms with Crippen LogP contribution in [0.25, 0.3) is 21.8 Å². The van der Waals surface area contributed by atoms with Gasteiger partial charge in [-0.15, -0.1) is 0 Å². The van der Waals surface area contributed by atoms with Crippen molar-refractivity contribution in [3.8, 4) is 29.1 Å². The molecule has 4 N–H and O–H groups in total. The van der Waals surface area contributed by atoms with Crippen molar-refractivity contribution in [3.05, 3.63) is 310 Å². The Kier molecular flexibility index (Phi) is 31.7. The first kappa shape index (κ1) is 102. The number of aromatic amines is 2. The average Bonchev–Trinajstić information content (AvgIpc) is 1.61. The molecule has 26 heteroatoms. The van der Waals surface area contributed by atoms with Crippen molar-refractivity contribution in [3.63, 3.8) is 0 Å². The Morgan fingerprint density at radius 2 is 0.790 bits per heavy atom. The number of phenols is 2. The van der Waals surface area contributed by atoms with Crippen LogP contribution >= 0.6 is 34.8 Å². The smallest absolute Gasteiger partial charge is 0.254 e. The number of aromatic hydroxyl groups is 2. The van der Waals surface area contributed by atoms with Gasteiger partial charge in [0, 0.05) is 159 Å². The Hall–Kier alpha value is -10.5. The molecule has 2 saturated heterocycles. The summed E-state index contributed by atoms with van der Waals surface area (Å²) < 4.78 is 66.4. The van der Waals surface area contributed by atoms with E-state index in [0.717, 1.165) is 229 Å². The number of hydrogen-bond donors (Lipinski definition) is 4. The van der Waals surface area contributed by atoms with Crippen molar-refractivity contribution < 1.29 is 45.8 Å². The zero-order chi connectivity index (χ0) is 98.4. The molecule has 19 rings (SSSR count). The SMILES string of the molecule is CC(C)(C#Cc1ccc2[nH]ncc2c1)N1Cc2cccc(C(=O)N3CCCCC3)c2C1.CC(C)(CCc1ccc(O)c(Cl)c1)N1Cc2ccc(S(C)(=O)=O)cc2C1.CC(C)(CCc1ccc(O)c(Cl)c1)N1Cc2cccc(F)c2C1.CC(C)(CCc1ccc2[nH]ncc2c1)N1Cc2cccc(C(=O)N3CCCCC3)c2C1.COc1cc(CCC(C)(C)N2Cc3ccc(S(C)(=O)=O)cc3C2)ccc1Cl. The number of likely N-dealkylation sites (tertiary alicyclic amines) is 2. The van der Waals surface area contributed by atoms with Gasteiger partial charge in [-0.3, -0.25) is 44.3 Å². The van der Waals surface area contributed by atoms with Crippen molar-refractivity contribution in [2.45, 2.75) is 262 Å². The van der Waals surface area contributed by atoms with Crippen LogP contribution in [-0.4, -0.2) is 167 Å². The number of piperidine rings is 2. The molecule has 138 heavy (non-hydrogen) atoms. The number of hydrogen-bond acceptors (Lipinski definition) is 16. The van der Waals surface area contributed by atoms with E-state index >= 15 is 0 Å². The molecule has 0 aliphatic carbocycles. The molecule has 20 nitrogen and oxygen atoms in total. The molecule has 7 aliphatic rings. The van der Waals surface area contributed by atoms with Crippen LogP contribution in [0.3, 0.4) is 0 Å². The molecule has 0 unspecified atom stereocenters. The number of ether oxygens (including phenoxy) is 1. The minimum absolute atomic E-state index is 0.0167. The third-order valence-electron chi connectivity index (χ3n) is 29.3. The fourth-order valence-corrected chi connectivity index (χ4v) is 21.6. The largest absolute Gasteiger partial charge is 0.506 e. The minimum atomic E-state index is -3.18. The van der Waals surface area contributed by atoms with Gasteiger partial charge >= 0.3 is 0 Å². The van der Waals surface area contributed by atoms with Crippen molar-refractivity contribution in [1.29, 1.82) is 0 Å². The molecular formula is C112H131Cl3FN11O9S2. The summed E-state index contributed by atoms with van der Waals surface area (Å²) >= 11 is 18.1. The van der Waals surface area contributed by atoms with Crippen LogP contribution in [-0.2, 0) is 111 Å². The Balaban J connectivity index is 0.000000131. The molecule has 0 bridgehead atoms. The topological polar surface area (TPSA) is 232 Å². The van der Waals surface area contributed by atoms with E-state index in [0.29, 0.717) is 37.2 Å². The highest BCUT2D eigenvalue weighted by atomic mass is 35.5. The number of sulfone groups is 2. The third-order valence-corrected chi connectivity index (χ3v) is 32.4. The summed E-state index contributed by atoms with van der Waals surface area (Å²) in [5.74, 6) is 8.05. The van der Waals surface area contributed by atoms with Crippen LogP contribution < -0.4 is 4.74 Å². The van der Waals surface area contributed by atoms with Gasteiger partial charge in [0.05, 0.1) is 60.9 Å². The number of aromatic nitrogens is 4. The predicted octanol–water partition coefficient (Wildman–Crippen LogP) is 22.8. The number of rotatable bonds is 22. The van der Waals surface area contributed by atoms with E-state index in [4.69, 9.17) is 39.5 Å². The molecule has 2 amide bonds. The lowest BCUT2D eigenvalue weighted by atomic mass is 9.93. The van der Waals surface area contributed by atoms with Gasteiger partial charge in [-0.05, 0) is 341 Å². The molecule has 2 fully saturated rings. The van der Waals surface area contributed by atoms with E-state index in [2.05, 4.69) is 173 Å². The summed E-state index contributed by atoms with van der Waals surface area (Å²) in [4.78, 5) is 43.3. The summed E-state index contributed by atoms with van der Waals surface area (Å²) in [6, 6.07) is 58.0. The van der Waals surface area contributed by atoms with Gasteiger partial charge in [0.15, 0.2) is 19.7 Å². The van der Waals surface area contributed by atoms with Gasteiger partial charge in [0.1, 0.15) is 23.1 Å². The number of phenolic OH excluding ortho intramolecular Hbond substituents is 2. The van der Waals surface area contributed by atoms with Gasteiger partial charge in [-0.1, -0.05) is 119 Å². The van der Waals surface area contributed by atoms with Crippen LogP contribution in [0.2, 0.25) is 15.1 Å². The van der Waals surface area contributed by atoms with Gasteiger partial charge < -0.3 is 24.7 Å². The van der Waals surface area contributed by atoms with Crippen molar-refractivity contribution in [1.82, 2.24) is 54.7 Å². The number of fused-ring (bicyclic) bond motifs is 7. The first-order valence-corrected chi connectivity index (χ1v) is 53.1. The zero-order valence-electron chi connectivity index (χ0n) is 81.9. The van der Waals surface area contributed by atoms with E-state index in [-0.39, 0.29) is 56.8 Å². The normalized spacial score (nSPS) is 15.9. The maximum absolute atomic E-state index is 13.9. The highest BCUT2D eigenvalue weighted by Crippen LogP contribution is 2.42. The van der Waals surface area contributed by atoms with Crippen molar-refractivity contribution in [2.24, 2.45) is 0 Å². The first-order chi connectivity index (χ1) is 65.5. The van der Waals surface area contributed by atoms with Gasteiger partial charge in [0.25, 0.3) is 11.8 Å². The highest BCUT2D eigenvalue weighted by Gasteiger charge is 2.40. The molecule has 0 spiro atoms. The van der Waals surface area contributed by atoms with E-state index in [1.807, 2.05) is 114 Å². The molecule has 7 aliphatic heterocycles. The molecule has 0 radical (unpaired) electrons. The van der Waals surface area contributed by atoms with Crippen LogP contribution in [0.5, 0.6) is 17.2 Å². The maximum atomic E-state index is 13.9. The number of benzene rings is 10. The molecule has 12 aromatic rings. The number of halogens is 4. The molecule has 9 heterocycles. The second-order valence-corrected chi connectivity index (χ2v) is 46.5. The Morgan fingerprint density at radius 3 is 1.24 bits per heavy atom. The number of methoxy groups -OCH3 is 1. The number of carbonyl (C=O) groups excluding carboxylic acids is 2. The van der Waals surface area contributed by atoms with Gasteiger partial charge in [-0.2, -0.15) is 10.2 Å². The van der Waals surface area contributed by atoms with Crippen molar-refractivity contribution in [2.75, 3.05) is 45.8 Å². The Morgan fingerprint density at radius 1 is 0.413 bits per heavy atom. The number of nitrogens with zero attached hydrogens (tertiary/aromatic N) is 9. The Labute approximate surface area is 829 Å². The maximum Gasteiger partial charge on any atom is 0.254 e. The number of carbonyl (C=O) groups is 2. The number of amides is 2. The van der Waals surface area contributed by atoms with Crippen LogP contribution in [0.4, 0.5) is 4.39 Å². The van der Waals surface area contributed by atoms with E-state index < -0.39 is 19.7 Å². The number of nitrogens with one attached hydrogen (secondary N) is 2. The lowest BCUT2D eigenvalue weighted by Crippen LogP contribution is -2.40. The molecule has 728 valence electrons. The predicted molar refractivity (Wildman–Crippen MR) is 551 cm³/mol. The summed E-state index contributed by atoms with van der Waals surface area (Å²) in [7, 11) is -4.73. The lowest BCUT2D eigenvalue weighted by molar-refractivity contribution is 0.0713. The van der Waals surface area contributed by atoms with E-state index in [1.54, 1.807) is 43.5 Å². The fourth-order valence-electron chi connectivity index (χ4n) is 19.6. The molecule has 10 aromatic carbocycles. The molecule has 2 aromatic heterocycles. The van der Waals surface area contributed by atoms with Crippen LogP contribution in [0.15, 0.2) is 204 Å². The highest BCUT2D eigenvalue weighted by molar-refractivity contribution is 7.91. The second-order valence-electron chi connectivity index (χ2n) is 41.2. The van der Waals surface area contributed by atoms with Gasteiger partial charge in [-0.25, -0.2) is 21.2 Å². The Bertz CT molecular complexity index is 6770. The van der Waals surface area contributed by atoms with E-state index in [9.17, 15) is 41.0 Å². The summed E-state index contributed by atoms with van der Waals surface area (Å²) in [6.07, 6.45) is 20.7. The summed E-state index contributed by atoms with van der Waals surface area (Å²) in [5, 5.41) is 36.9. The summed E-state index contributed by atoms with van der Waals surface area (Å²) in [5.41, 5.74) is 20.8. The molecular weight excluding hydrogens is 1830 g/mol. The standard InChI is InChI=1S/C26H32N4O.C26H28N4O.C21H26ClNO3S.C20H24ClNO3S.C19H21ClFNO/c2*1-26(2,12-11-19-9-10-24-21(15-19)16-27-28-24)30-17-20-7-6-8-22(23(20)18-30)25(31)29-13-4-3-5-14-29;1-21(2,10-9-15-5-8-19(22)20(11-15)26-3)23-13-16-6-7-18(27(4,24)25)12-17(16)14-23;1-20(2,9-8-14-4-7-19(23)18(21)10-14)22-12-15-5-6-17(26(3,24)25)11-16(15)13-22;1-19(2,9-8-13-6-7-18(23)16(20)10-13)22-11-14-4-3-5-17(21)15(14)12-22/h6-10,15-16H,3-5,11-14,17-18H2,1-2H3,(H,27,28);6-10,15-16H,3-5,13-14,17-18H2,1-2H3,(H,27,28);5-8,11-12H,9-10,13-14H2,1-4H3;4-7,10-11,23H,8-9,12-13H2,1-3H3;3-7,10,23H,8-9,11-12H2,1-2H3. The number of H-pyrrole nitrogens is 2. The van der Waals surface area contributed by atoms with Crippen LogP contribution in [0, 0.1) is 17.7 Å². The first-order valence-electron chi connectivity index (χ1n) is 48.2. The molecule has 0 atom stereocenters. The zero-order valence-corrected chi connectivity index (χ0v) is 85.8. The third kappa shape index (κ3) is 24.7. The quantitative estimate of drug-likeness (QED) is 0.0462. The minimum Gasteiger partial charge on any atom is -0.506 e. The van der Waals surface area contributed by atoms with Crippen molar-refractivity contribution >= 4 is 88.1 Å². The second kappa shape index (κ2) is 42.9. The van der Waals surface area contributed by atoms with Gasteiger partial charge in [0.2, 0.25) is 0 Å². The van der Waals surface area contributed by atoms with Crippen LogP contribution in [0.1, 0.15) is 238 Å². The fraction of sp³-hybridized carbons (Fsp3) is 0.411. The average molecular weight is 1960 g/mol. The lowest BCUT2D eigenvalue weighted by Gasteiger charge is -2.35. The van der Waals surface area contributed by atoms with E-state index in [1.165, 1.54) is 81.3 Å². The summed E-state index contributed by atoms with van der Waals surface area (Å²) in [6.45, 7) is 33.8. The number of aryl methyl sites for hydroxylation is 4. The molecule has 0 saturated carbocycles.